The van der Waals surface area contributed by atoms with Crippen molar-refractivity contribution in [3.63, 3.8) is 0 Å². The van der Waals surface area contributed by atoms with E-state index in [9.17, 15) is 0 Å². The summed E-state index contributed by atoms with van der Waals surface area (Å²) in [5.41, 5.74) is 3.89. The monoisotopic (exact) mass is 344 g/mol. The van der Waals surface area contributed by atoms with Gasteiger partial charge in [0.15, 0.2) is 5.82 Å². The van der Waals surface area contributed by atoms with Crippen LogP contribution in [0.4, 0.5) is 0 Å². The Balaban J connectivity index is 2.13. The molecule has 0 saturated heterocycles. The molecule has 0 bridgehead atoms. The molecule has 6 nitrogen and oxygen atoms in total. The van der Waals surface area contributed by atoms with Crippen LogP contribution in [0.5, 0.6) is 0 Å². The fraction of sp³-hybridized carbons (Fsp3) is 0.300. The van der Waals surface area contributed by atoms with E-state index in [0.717, 1.165) is 5.56 Å². The molecule has 1 unspecified atom stereocenters. The van der Waals surface area contributed by atoms with Gasteiger partial charge in [-0.25, -0.2) is 0 Å². The largest absolute Gasteiger partial charge is 0.271 e. The van der Waals surface area contributed by atoms with Gasteiger partial charge in [-0.1, -0.05) is 12.1 Å². The van der Waals surface area contributed by atoms with Crippen LogP contribution < -0.4 is 11.3 Å². The highest BCUT2D eigenvalue weighted by Crippen LogP contribution is 2.17. The van der Waals surface area contributed by atoms with Crippen molar-refractivity contribution in [3.8, 4) is 0 Å². The van der Waals surface area contributed by atoms with Crippen LogP contribution in [0.1, 0.15) is 17.4 Å². The first-order valence-electron chi connectivity index (χ1n) is 5.13. The number of aryl methyl sites for hydroxylation is 1. The van der Waals surface area contributed by atoms with Crippen LogP contribution in [0.2, 0.25) is 0 Å². The summed E-state index contributed by atoms with van der Waals surface area (Å²) in [6, 6.07) is 8.18. The summed E-state index contributed by atoms with van der Waals surface area (Å²) in [5.74, 6) is 6.24. The third-order valence-corrected chi connectivity index (χ3v) is 3.13. The van der Waals surface area contributed by atoms with Gasteiger partial charge in [0.1, 0.15) is 0 Å². The van der Waals surface area contributed by atoms with Gasteiger partial charge in [0.25, 0.3) is 0 Å². The molecule has 0 saturated carbocycles. The van der Waals surface area contributed by atoms with Gasteiger partial charge in [-0.05, 0) is 45.5 Å². The molecule has 1 heterocycles. The summed E-state index contributed by atoms with van der Waals surface area (Å²) in [6.45, 7) is 0. The molecule has 0 radical (unpaired) electrons. The van der Waals surface area contributed by atoms with E-state index in [-0.39, 0.29) is 6.04 Å². The lowest BCUT2D eigenvalue weighted by molar-refractivity contribution is 0.536. The normalized spacial score (nSPS) is 12.6. The fourth-order valence-corrected chi connectivity index (χ4v) is 1.92. The second kappa shape index (κ2) is 5.52. The van der Waals surface area contributed by atoms with E-state index in [4.69, 9.17) is 5.84 Å². The van der Waals surface area contributed by atoms with E-state index >= 15 is 0 Å². The number of nitrogens with two attached hydrogens (primary N) is 1. The second-order valence-corrected chi connectivity index (χ2v) is 4.92. The number of aromatic nitrogens is 4. The number of rotatable bonds is 4. The average molecular weight is 344 g/mol. The maximum absolute atomic E-state index is 5.56. The SMILES string of the molecule is Cn1nnc(CC(NN)c2ccc(I)cc2)n1. The molecule has 17 heavy (non-hydrogen) atoms. The number of hydrazine groups is 1. The smallest absolute Gasteiger partial charge is 0.176 e. The molecule has 1 atom stereocenters. The van der Waals surface area contributed by atoms with Gasteiger partial charge >= 0.3 is 0 Å². The lowest BCUT2D eigenvalue weighted by Crippen LogP contribution is -2.29. The molecule has 90 valence electrons. The predicted octanol–water partition coefficient (Wildman–Crippen LogP) is 0.562. The van der Waals surface area contributed by atoms with Gasteiger partial charge in [0.05, 0.1) is 13.1 Å². The molecule has 1 aromatic carbocycles. The van der Waals surface area contributed by atoms with Crippen LogP contribution in [0, 0.1) is 3.57 Å². The van der Waals surface area contributed by atoms with Gasteiger partial charge in [0.2, 0.25) is 0 Å². The Morgan fingerprint density at radius 3 is 2.65 bits per heavy atom. The van der Waals surface area contributed by atoms with Crippen molar-refractivity contribution in [2.75, 3.05) is 0 Å². The standard InChI is InChI=1S/C10H13IN6/c1-17-15-10(14-16-17)6-9(13-12)7-2-4-8(11)5-3-7/h2-5,9,13H,6,12H2,1H3. The summed E-state index contributed by atoms with van der Waals surface area (Å²) in [7, 11) is 1.74. The number of halogens is 1. The minimum Gasteiger partial charge on any atom is -0.271 e. The number of hydrogen-bond acceptors (Lipinski definition) is 5. The minimum absolute atomic E-state index is 0.00352. The van der Waals surface area contributed by atoms with Gasteiger partial charge in [-0.15, -0.1) is 10.2 Å². The number of hydrogen-bond donors (Lipinski definition) is 2. The Labute approximate surface area is 113 Å². The van der Waals surface area contributed by atoms with Crippen molar-refractivity contribution in [3.05, 3.63) is 39.2 Å². The Kier molecular flexibility index (Phi) is 4.02. The van der Waals surface area contributed by atoms with E-state index in [1.807, 2.05) is 24.3 Å². The van der Waals surface area contributed by atoms with Crippen LogP contribution in [0.15, 0.2) is 24.3 Å². The zero-order chi connectivity index (χ0) is 12.3. The van der Waals surface area contributed by atoms with Crippen molar-refractivity contribution < 1.29 is 0 Å². The highest BCUT2D eigenvalue weighted by atomic mass is 127. The predicted molar refractivity (Wildman–Crippen MR) is 71.7 cm³/mol. The van der Waals surface area contributed by atoms with Crippen LogP contribution >= 0.6 is 22.6 Å². The highest BCUT2D eigenvalue weighted by Gasteiger charge is 2.13. The van der Waals surface area contributed by atoms with E-state index in [1.54, 1.807) is 7.05 Å². The molecule has 0 fully saturated rings. The van der Waals surface area contributed by atoms with Crippen molar-refractivity contribution >= 4 is 22.6 Å². The first-order valence-corrected chi connectivity index (χ1v) is 6.21. The lowest BCUT2D eigenvalue weighted by atomic mass is 10.0. The molecule has 2 aromatic rings. The first kappa shape index (κ1) is 12.4. The minimum atomic E-state index is -0.00352. The van der Waals surface area contributed by atoms with E-state index in [1.165, 1.54) is 8.37 Å². The Hall–Kier alpha value is -1.06. The lowest BCUT2D eigenvalue weighted by Gasteiger charge is -2.14. The number of benzene rings is 1. The molecular formula is C10H13IN6. The van der Waals surface area contributed by atoms with Crippen molar-refractivity contribution in [2.45, 2.75) is 12.5 Å². The zero-order valence-electron chi connectivity index (χ0n) is 9.34. The summed E-state index contributed by atoms with van der Waals surface area (Å²) < 4.78 is 1.19. The van der Waals surface area contributed by atoms with Crippen molar-refractivity contribution in [1.82, 2.24) is 25.6 Å². The molecule has 2 rings (SSSR count). The van der Waals surface area contributed by atoms with E-state index in [2.05, 4.69) is 43.4 Å². The Morgan fingerprint density at radius 1 is 1.41 bits per heavy atom. The number of nitrogens with one attached hydrogen (secondary N) is 1. The fourth-order valence-electron chi connectivity index (χ4n) is 1.56. The second-order valence-electron chi connectivity index (χ2n) is 3.67. The topological polar surface area (TPSA) is 81.7 Å². The summed E-state index contributed by atoms with van der Waals surface area (Å²) in [5, 5.41) is 11.9. The highest BCUT2D eigenvalue weighted by molar-refractivity contribution is 14.1. The molecule has 0 aliphatic heterocycles. The van der Waals surface area contributed by atoms with Gasteiger partial charge in [-0.3, -0.25) is 11.3 Å². The molecule has 0 aliphatic carbocycles. The molecule has 0 aliphatic rings. The molecule has 7 heteroatoms. The molecular weight excluding hydrogens is 331 g/mol. The van der Waals surface area contributed by atoms with Crippen molar-refractivity contribution in [2.24, 2.45) is 12.9 Å². The quantitative estimate of drug-likeness (QED) is 0.481. The van der Waals surface area contributed by atoms with E-state index < -0.39 is 0 Å². The van der Waals surface area contributed by atoms with Gasteiger partial charge in [-0.2, -0.15) is 4.80 Å². The molecule has 1 aromatic heterocycles. The third kappa shape index (κ3) is 3.20. The van der Waals surface area contributed by atoms with Gasteiger partial charge in [0, 0.05) is 9.99 Å². The van der Waals surface area contributed by atoms with Crippen molar-refractivity contribution in [1.29, 1.82) is 0 Å². The van der Waals surface area contributed by atoms with Crippen LogP contribution in [-0.4, -0.2) is 20.2 Å². The van der Waals surface area contributed by atoms with Crippen LogP contribution in [0.3, 0.4) is 0 Å². The first-order chi connectivity index (χ1) is 8.19. The number of nitrogens with zero attached hydrogens (tertiary/aromatic N) is 4. The van der Waals surface area contributed by atoms with Crippen LogP contribution in [0.25, 0.3) is 0 Å². The summed E-state index contributed by atoms with van der Waals surface area (Å²) in [6.07, 6.45) is 0.616. The number of tetrazole rings is 1. The maximum atomic E-state index is 5.56. The summed E-state index contributed by atoms with van der Waals surface area (Å²) >= 11 is 2.27. The average Bonchev–Trinajstić information content (AvgIpc) is 2.73. The summed E-state index contributed by atoms with van der Waals surface area (Å²) in [4.78, 5) is 1.44. The molecule has 0 spiro atoms. The molecule has 3 N–H and O–H groups in total. The zero-order valence-corrected chi connectivity index (χ0v) is 11.5. The van der Waals surface area contributed by atoms with Gasteiger partial charge < -0.3 is 0 Å². The molecule has 0 amide bonds. The Bertz CT molecular complexity index is 480. The third-order valence-electron chi connectivity index (χ3n) is 2.41. The van der Waals surface area contributed by atoms with Crippen LogP contribution in [-0.2, 0) is 13.5 Å². The Morgan fingerprint density at radius 2 is 2.12 bits per heavy atom. The maximum Gasteiger partial charge on any atom is 0.176 e. The van der Waals surface area contributed by atoms with E-state index in [0.29, 0.717) is 12.2 Å².